The molecule has 7 heteroatoms. The Hall–Kier alpha value is -2.41. The van der Waals surface area contributed by atoms with Crippen LogP contribution in [-0.2, 0) is 9.59 Å². The van der Waals surface area contributed by atoms with Gasteiger partial charge < -0.3 is 19.4 Å². The van der Waals surface area contributed by atoms with Crippen LogP contribution < -0.4 is 4.74 Å². The molecule has 168 valence electrons. The minimum Gasteiger partial charge on any atom is -0.486 e. The molecule has 0 aliphatic carbocycles. The lowest BCUT2D eigenvalue weighted by Crippen LogP contribution is -2.50. The van der Waals surface area contributed by atoms with E-state index in [9.17, 15) is 14.4 Å². The minimum absolute atomic E-state index is 0.0233. The van der Waals surface area contributed by atoms with E-state index in [2.05, 4.69) is 11.9 Å². The number of amides is 2. The predicted octanol–water partition coefficient (Wildman–Crippen LogP) is 2.20. The van der Waals surface area contributed by atoms with Crippen LogP contribution >= 0.6 is 0 Å². The van der Waals surface area contributed by atoms with Gasteiger partial charge in [0.05, 0.1) is 12.0 Å². The molecule has 3 atom stereocenters. The number of benzene rings is 1. The summed E-state index contributed by atoms with van der Waals surface area (Å²) < 4.78 is 6.29. The molecule has 0 bridgehead atoms. The standard InChI is InChI=1S/C24H33N3O4/c1-17(23(30)26(3)16-18-9-12-25(2)15-18)27-13-11-24(10-8-22(27)29)14-20(28)19-6-4-5-7-21(19)31-24/h4-7,17-18H,8-16H2,1-3H3/t17-,18+,24-/m1/s1. The maximum atomic E-state index is 13.1. The van der Waals surface area contributed by atoms with E-state index in [0.717, 1.165) is 19.5 Å². The molecule has 2 saturated heterocycles. The molecule has 31 heavy (non-hydrogen) atoms. The fraction of sp³-hybridized carbons (Fsp3) is 0.625. The van der Waals surface area contributed by atoms with Gasteiger partial charge in [-0.2, -0.15) is 0 Å². The van der Waals surface area contributed by atoms with Crippen LogP contribution in [0.15, 0.2) is 24.3 Å². The average Bonchev–Trinajstić information content (AvgIpc) is 3.09. The summed E-state index contributed by atoms with van der Waals surface area (Å²) in [7, 11) is 3.94. The molecule has 0 unspecified atom stereocenters. The zero-order valence-electron chi connectivity index (χ0n) is 18.8. The quantitative estimate of drug-likeness (QED) is 0.737. The third-order valence-corrected chi connectivity index (χ3v) is 7.14. The van der Waals surface area contributed by atoms with Gasteiger partial charge in [-0.05, 0) is 51.4 Å². The number of likely N-dealkylation sites (N-methyl/N-ethyl adjacent to an activating group) is 1. The second-order valence-electron chi connectivity index (χ2n) is 9.53. The van der Waals surface area contributed by atoms with Crippen molar-refractivity contribution >= 4 is 17.6 Å². The topological polar surface area (TPSA) is 70.2 Å². The number of nitrogens with zero attached hydrogens (tertiary/aromatic N) is 3. The molecule has 2 fully saturated rings. The lowest BCUT2D eigenvalue weighted by atomic mass is 9.84. The largest absolute Gasteiger partial charge is 0.486 e. The van der Waals surface area contributed by atoms with E-state index in [1.807, 2.05) is 32.2 Å². The number of fused-ring (bicyclic) bond motifs is 1. The third-order valence-electron chi connectivity index (χ3n) is 7.14. The van der Waals surface area contributed by atoms with Gasteiger partial charge in [0.2, 0.25) is 11.8 Å². The Morgan fingerprint density at radius 1 is 1.26 bits per heavy atom. The Kier molecular flexibility index (Phi) is 6.06. The van der Waals surface area contributed by atoms with Crippen molar-refractivity contribution in [3.8, 4) is 5.75 Å². The molecule has 4 rings (SSSR count). The third kappa shape index (κ3) is 4.47. The molecule has 3 aliphatic rings. The highest BCUT2D eigenvalue weighted by Crippen LogP contribution is 2.39. The van der Waals surface area contributed by atoms with Crippen LogP contribution in [0.5, 0.6) is 5.75 Å². The van der Waals surface area contributed by atoms with Crippen molar-refractivity contribution in [1.82, 2.24) is 14.7 Å². The Morgan fingerprint density at radius 3 is 2.77 bits per heavy atom. The highest BCUT2D eigenvalue weighted by Gasteiger charge is 2.44. The molecular formula is C24H33N3O4. The summed E-state index contributed by atoms with van der Waals surface area (Å²) in [5.74, 6) is 1.08. The van der Waals surface area contributed by atoms with Crippen molar-refractivity contribution in [1.29, 1.82) is 0 Å². The first-order valence-corrected chi connectivity index (χ1v) is 11.3. The van der Waals surface area contributed by atoms with E-state index in [0.29, 0.717) is 43.2 Å². The summed E-state index contributed by atoms with van der Waals surface area (Å²) in [5.41, 5.74) is -0.0536. The lowest BCUT2D eigenvalue weighted by molar-refractivity contribution is -0.144. The number of carbonyl (C=O) groups excluding carboxylic acids is 3. The van der Waals surface area contributed by atoms with E-state index in [4.69, 9.17) is 4.74 Å². The summed E-state index contributed by atoms with van der Waals surface area (Å²) in [5, 5.41) is 0. The van der Waals surface area contributed by atoms with Gasteiger partial charge in [-0.15, -0.1) is 0 Å². The van der Waals surface area contributed by atoms with Gasteiger partial charge in [0.15, 0.2) is 5.78 Å². The van der Waals surface area contributed by atoms with Crippen LogP contribution in [0.25, 0.3) is 0 Å². The van der Waals surface area contributed by atoms with Gasteiger partial charge in [-0.1, -0.05) is 12.1 Å². The molecule has 0 aromatic heterocycles. The van der Waals surface area contributed by atoms with Gasteiger partial charge in [-0.25, -0.2) is 0 Å². The zero-order chi connectivity index (χ0) is 22.2. The molecule has 3 aliphatic heterocycles. The van der Waals surface area contributed by atoms with E-state index in [1.54, 1.807) is 15.9 Å². The van der Waals surface area contributed by atoms with Crippen LogP contribution in [0.4, 0.5) is 0 Å². The SMILES string of the molecule is C[C@H](C(=O)N(C)C[C@H]1CCN(C)C1)N1CC[C@]2(CCC1=O)CC(=O)c1ccccc1O2. The lowest BCUT2D eigenvalue weighted by Gasteiger charge is -2.37. The second-order valence-corrected chi connectivity index (χ2v) is 9.53. The summed E-state index contributed by atoms with van der Waals surface area (Å²) in [6.07, 6.45) is 2.70. The number of hydrogen-bond acceptors (Lipinski definition) is 5. The number of para-hydroxylation sites is 1. The monoisotopic (exact) mass is 427 g/mol. The molecule has 0 saturated carbocycles. The Bertz CT molecular complexity index is 872. The van der Waals surface area contributed by atoms with Crippen LogP contribution in [0.3, 0.4) is 0 Å². The van der Waals surface area contributed by atoms with Crippen molar-refractivity contribution in [3.63, 3.8) is 0 Å². The van der Waals surface area contributed by atoms with Crippen molar-refractivity contribution in [2.24, 2.45) is 5.92 Å². The van der Waals surface area contributed by atoms with Crippen molar-refractivity contribution < 1.29 is 19.1 Å². The fourth-order valence-corrected chi connectivity index (χ4v) is 5.29. The Morgan fingerprint density at radius 2 is 2.03 bits per heavy atom. The van der Waals surface area contributed by atoms with Crippen LogP contribution in [0.1, 0.15) is 49.4 Å². The Balaban J connectivity index is 1.42. The highest BCUT2D eigenvalue weighted by atomic mass is 16.5. The zero-order valence-corrected chi connectivity index (χ0v) is 18.8. The first-order valence-electron chi connectivity index (χ1n) is 11.3. The van der Waals surface area contributed by atoms with Crippen molar-refractivity contribution in [2.75, 3.05) is 40.3 Å². The second kappa shape index (κ2) is 8.61. The summed E-state index contributed by atoms with van der Waals surface area (Å²) >= 11 is 0. The Labute approximate surface area is 184 Å². The maximum absolute atomic E-state index is 13.1. The predicted molar refractivity (Wildman–Crippen MR) is 117 cm³/mol. The number of hydrogen-bond donors (Lipinski definition) is 0. The number of rotatable bonds is 4. The normalized spacial score (nSPS) is 27.6. The molecule has 2 amide bonds. The first kappa shape index (κ1) is 21.8. The van der Waals surface area contributed by atoms with E-state index in [1.165, 1.54) is 0 Å². The minimum atomic E-state index is -0.668. The highest BCUT2D eigenvalue weighted by molar-refractivity contribution is 6.00. The molecule has 1 aromatic rings. The van der Waals surface area contributed by atoms with Gasteiger partial charge in [-0.3, -0.25) is 14.4 Å². The first-order chi connectivity index (χ1) is 14.8. The van der Waals surface area contributed by atoms with Crippen molar-refractivity contribution in [2.45, 2.75) is 50.7 Å². The maximum Gasteiger partial charge on any atom is 0.244 e. The smallest absolute Gasteiger partial charge is 0.244 e. The molecule has 0 radical (unpaired) electrons. The number of carbonyl (C=O) groups is 3. The number of ketones is 1. The van der Waals surface area contributed by atoms with Crippen LogP contribution in [0.2, 0.25) is 0 Å². The number of Topliss-reactive ketones (excluding diaryl/α,β-unsaturated/α-hetero) is 1. The molecule has 1 spiro atoms. The number of ether oxygens (including phenoxy) is 1. The van der Waals surface area contributed by atoms with Gasteiger partial charge in [0.1, 0.15) is 17.4 Å². The summed E-state index contributed by atoms with van der Waals surface area (Å²) in [6.45, 7) is 5.02. The molecule has 3 heterocycles. The summed E-state index contributed by atoms with van der Waals surface area (Å²) in [4.78, 5) is 44.5. The van der Waals surface area contributed by atoms with Gasteiger partial charge in [0, 0.05) is 39.5 Å². The van der Waals surface area contributed by atoms with Crippen LogP contribution in [-0.4, -0.2) is 84.2 Å². The van der Waals surface area contributed by atoms with E-state index >= 15 is 0 Å². The molecule has 1 aromatic carbocycles. The average molecular weight is 428 g/mol. The van der Waals surface area contributed by atoms with Gasteiger partial charge >= 0.3 is 0 Å². The fourth-order valence-electron chi connectivity index (χ4n) is 5.29. The van der Waals surface area contributed by atoms with E-state index < -0.39 is 11.6 Å². The molecular weight excluding hydrogens is 394 g/mol. The summed E-state index contributed by atoms with van der Waals surface area (Å²) in [6, 6.07) is 6.79. The molecule has 0 N–H and O–H groups in total. The molecule has 7 nitrogen and oxygen atoms in total. The van der Waals surface area contributed by atoms with Crippen molar-refractivity contribution in [3.05, 3.63) is 29.8 Å². The number of likely N-dealkylation sites (tertiary alicyclic amines) is 2. The van der Waals surface area contributed by atoms with Crippen LogP contribution in [0, 0.1) is 5.92 Å². The van der Waals surface area contributed by atoms with Gasteiger partial charge in [0.25, 0.3) is 0 Å². The van der Waals surface area contributed by atoms with E-state index in [-0.39, 0.29) is 30.4 Å².